The Bertz CT molecular complexity index is 1160. The molecule has 150 valence electrons. The topological polar surface area (TPSA) is 57.0 Å². The van der Waals surface area contributed by atoms with E-state index < -0.39 is 0 Å². The number of Topliss-reactive ketones (excluding diaryl/α,β-unsaturated/α-hetero) is 1. The smallest absolute Gasteiger partial charge is 0.196 e. The molecule has 0 radical (unpaired) electrons. The van der Waals surface area contributed by atoms with Crippen molar-refractivity contribution in [2.75, 3.05) is 12.9 Å². The fourth-order valence-electron chi connectivity index (χ4n) is 2.98. The maximum atomic E-state index is 12.6. The first-order valence-corrected chi connectivity index (χ1v) is 10.6. The number of thioether (sulfide) groups is 1. The maximum Gasteiger partial charge on any atom is 0.196 e. The summed E-state index contributed by atoms with van der Waals surface area (Å²) in [6, 6.07) is 24.3. The van der Waals surface area contributed by atoms with E-state index in [0.717, 1.165) is 17.0 Å². The van der Waals surface area contributed by atoms with E-state index in [1.54, 1.807) is 7.11 Å². The van der Waals surface area contributed by atoms with Crippen LogP contribution in [0.1, 0.15) is 10.4 Å². The minimum absolute atomic E-state index is 0.0316. The average Bonchev–Trinajstić information content (AvgIpc) is 3.22. The van der Waals surface area contributed by atoms with Crippen LogP contribution in [0.3, 0.4) is 0 Å². The standard InChI is InChI=1S/C23H18ClN3O2S/c1-29-18-13-11-17(12-14-18)27-22(19-9-5-6-10-20(19)24)25-26-23(27)30-15-21(28)16-7-3-2-4-8-16/h2-14H,15H2,1H3. The van der Waals surface area contributed by atoms with Crippen LogP contribution in [0, 0.1) is 0 Å². The van der Waals surface area contributed by atoms with Gasteiger partial charge in [0.1, 0.15) is 5.75 Å². The summed E-state index contributed by atoms with van der Waals surface area (Å²) in [5.74, 6) is 1.64. The van der Waals surface area contributed by atoms with Gasteiger partial charge in [-0.05, 0) is 36.4 Å². The highest BCUT2D eigenvalue weighted by Gasteiger charge is 2.19. The molecule has 0 N–H and O–H groups in total. The number of ether oxygens (including phenoxy) is 1. The van der Waals surface area contributed by atoms with Gasteiger partial charge in [0.15, 0.2) is 16.8 Å². The molecule has 0 saturated carbocycles. The number of ketones is 1. The van der Waals surface area contributed by atoms with Crippen molar-refractivity contribution in [1.29, 1.82) is 0 Å². The molecule has 1 heterocycles. The monoisotopic (exact) mass is 435 g/mol. The van der Waals surface area contributed by atoms with Crippen molar-refractivity contribution in [1.82, 2.24) is 14.8 Å². The number of hydrogen-bond acceptors (Lipinski definition) is 5. The lowest BCUT2D eigenvalue weighted by molar-refractivity contribution is 0.102. The van der Waals surface area contributed by atoms with E-state index in [9.17, 15) is 4.79 Å². The van der Waals surface area contributed by atoms with E-state index in [1.165, 1.54) is 11.8 Å². The first kappa shape index (κ1) is 20.2. The van der Waals surface area contributed by atoms with Gasteiger partial charge in [-0.25, -0.2) is 0 Å². The van der Waals surface area contributed by atoms with Gasteiger partial charge in [0.25, 0.3) is 0 Å². The second-order valence-corrected chi connectivity index (χ2v) is 7.75. The average molecular weight is 436 g/mol. The lowest BCUT2D eigenvalue weighted by Gasteiger charge is -2.12. The predicted molar refractivity (Wildman–Crippen MR) is 120 cm³/mol. The number of carbonyl (C=O) groups excluding carboxylic acids is 1. The summed E-state index contributed by atoms with van der Waals surface area (Å²) in [5, 5.41) is 9.92. The van der Waals surface area contributed by atoms with Gasteiger partial charge in [-0.15, -0.1) is 10.2 Å². The molecule has 3 aromatic carbocycles. The van der Waals surface area contributed by atoms with Crippen molar-refractivity contribution in [2.24, 2.45) is 0 Å². The highest BCUT2D eigenvalue weighted by atomic mass is 35.5. The minimum Gasteiger partial charge on any atom is -0.497 e. The molecule has 4 aromatic rings. The molecule has 0 atom stereocenters. The lowest BCUT2D eigenvalue weighted by atomic mass is 10.2. The first-order chi connectivity index (χ1) is 14.7. The molecule has 0 saturated heterocycles. The molecule has 30 heavy (non-hydrogen) atoms. The number of methoxy groups -OCH3 is 1. The fraction of sp³-hybridized carbons (Fsp3) is 0.0870. The van der Waals surface area contributed by atoms with Crippen molar-refractivity contribution in [3.05, 3.63) is 89.4 Å². The van der Waals surface area contributed by atoms with Crippen LogP contribution in [0.4, 0.5) is 0 Å². The molecule has 0 fully saturated rings. The van der Waals surface area contributed by atoms with Gasteiger partial charge in [0.2, 0.25) is 0 Å². The Hall–Kier alpha value is -3.09. The quantitative estimate of drug-likeness (QED) is 0.280. The summed E-state index contributed by atoms with van der Waals surface area (Å²) in [6.07, 6.45) is 0. The molecule has 7 heteroatoms. The van der Waals surface area contributed by atoms with Gasteiger partial charge < -0.3 is 4.74 Å². The summed E-state index contributed by atoms with van der Waals surface area (Å²) < 4.78 is 7.17. The lowest BCUT2D eigenvalue weighted by Crippen LogP contribution is -2.05. The maximum absolute atomic E-state index is 12.6. The number of nitrogens with zero attached hydrogens (tertiary/aromatic N) is 3. The highest BCUT2D eigenvalue weighted by Crippen LogP contribution is 2.32. The van der Waals surface area contributed by atoms with Gasteiger partial charge in [-0.2, -0.15) is 0 Å². The van der Waals surface area contributed by atoms with E-state index in [2.05, 4.69) is 10.2 Å². The normalized spacial score (nSPS) is 10.7. The van der Waals surface area contributed by atoms with Crippen LogP contribution in [0.5, 0.6) is 5.75 Å². The van der Waals surface area contributed by atoms with Crippen LogP contribution >= 0.6 is 23.4 Å². The number of halogens is 1. The van der Waals surface area contributed by atoms with Gasteiger partial charge in [-0.3, -0.25) is 9.36 Å². The largest absolute Gasteiger partial charge is 0.497 e. The zero-order valence-corrected chi connectivity index (χ0v) is 17.7. The minimum atomic E-state index is 0.0316. The second kappa shape index (κ2) is 9.15. The van der Waals surface area contributed by atoms with Crippen molar-refractivity contribution in [3.63, 3.8) is 0 Å². The van der Waals surface area contributed by atoms with Crippen LogP contribution in [0.25, 0.3) is 17.1 Å². The van der Waals surface area contributed by atoms with Crippen LogP contribution in [0.2, 0.25) is 5.02 Å². The van der Waals surface area contributed by atoms with E-state index in [1.807, 2.05) is 83.4 Å². The fourth-order valence-corrected chi connectivity index (χ4v) is 4.05. The van der Waals surface area contributed by atoms with Gasteiger partial charge in [-0.1, -0.05) is 65.8 Å². The van der Waals surface area contributed by atoms with Crippen LogP contribution in [-0.2, 0) is 0 Å². The Morgan fingerprint density at radius 2 is 1.67 bits per heavy atom. The molecule has 4 rings (SSSR count). The number of hydrogen-bond donors (Lipinski definition) is 0. The number of benzene rings is 3. The third kappa shape index (κ3) is 4.25. The van der Waals surface area contributed by atoms with Gasteiger partial charge >= 0.3 is 0 Å². The zero-order chi connectivity index (χ0) is 20.9. The Morgan fingerprint density at radius 1 is 0.967 bits per heavy atom. The molecular weight excluding hydrogens is 418 g/mol. The number of rotatable bonds is 7. The van der Waals surface area contributed by atoms with Crippen molar-refractivity contribution in [2.45, 2.75) is 5.16 Å². The summed E-state index contributed by atoms with van der Waals surface area (Å²) in [4.78, 5) is 12.6. The van der Waals surface area contributed by atoms with Crippen LogP contribution in [0.15, 0.2) is 84.0 Å². The predicted octanol–water partition coefficient (Wildman–Crippen LogP) is 5.57. The van der Waals surface area contributed by atoms with E-state index in [-0.39, 0.29) is 11.5 Å². The Labute approximate surface area is 183 Å². The zero-order valence-electron chi connectivity index (χ0n) is 16.2. The Kier molecular flexibility index (Phi) is 6.16. The first-order valence-electron chi connectivity index (χ1n) is 9.23. The van der Waals surface area contributed by atoms with E-state index in [4.69, 9.17) is 16.3 Å². The van der Waals surface area contributed by atoms with E-state index in [0.29, 0.717) is 21.6 Å². The molecule has 0 bridgehead atoms. The summed E-state index contributed by atoms with van der Waals surface area (Å²) >= 11 is 7.76. The molecule has 0 aliphatic rings. The molecule has 1 aromatic heterocycles. The van der Waals surface area contributed by atoms with Gasteiger partial charge in [0, 0.05) is 16.8 Å². The number of carbonyl (C=O) groups is 1. The summed E-state index contributed by atoms with van der Waals surface area (Å²) in [5.41, 5.74) is 2.29. The van der Waals surface area contributed by atoms with Crippen LogP contribution < -0.4 is 4.74 Å². The highest BCUT2D eigenvalue weighted by molar-refractivity contribution is 7.99. The molecular formula is C23H18ClN3O2S. The summed E-state index contributed by atoms with van der Waals surface area (Å²) in [6.45, 7) is 0. The third-order valence-corrected chi connectivity index (χ3v) is 5.77. The van der Waals surface area contributed by atoms with E-state index >= 15 is 0 Å². The van der Waals surface area contributed by atoms with Crippen molar-refractivity contribution < 1.29 is 9.53 Å². The molecule has 5 nitrogen and oxygen atoms in total. The molecule has 0 aliphatic heterocycles. The SMILES string of the molecule is COc1ccc(-n2c(SCC(=O)c3ccccc3)nnc2-c2ccccc2Cl)cc1. The molecule has 0 amide bonds. The van der Waals surface area contributed by atoms with Gasteiger partial charge in [0.05, 0.1) is 17.9 Å². The summed E-state index contributed by atoms with van der Waals surface area (Å²) in [7, 11) is 1.62. The number of aromatic nitrogens is 3. The molecule has 0 unspecified atom stereocenters. The Balaban J connectivity index is 1.71. The molecule has 0 aliphatic carbocycles. The third-order valence-electron chi connectivity index (χ3n) is 4.51. The molecule has 0 spiro atoms. The van der Waals surface area contributed by atoms with Crippen LogP contribution in [-0.4, -0.2) is 33.4 Å². The second-order valence-electron chi connectivity index (χ2n) is 6.40. The Morgan fingerprint density at radius 3 is 2.37 bits per heavy atom. The van der Waals surface area contributed by atoms with Crippen molar-refractivity contribution in [3.8, 4) is 22.8 Å². The van der Waals surface area contributed by atoms with Crippen molar-refractivity contribution >= 4 is 29.1 Å².